The summed E-state index contributed by atoms with van der Waals surface area (Å²) in [6.07, 6.45) is 7.48. The standard InChI is InChI=1S/C12H16N2O2/c1-4-12(2,3)13-9-7-10(15)14(11(9)16)8-5-6-8/h1,8-9,13H,5-7H2,2-3H3. The first-order chi connectivity index (χ1) is 7.44. The number of imide groups is 1. The molecule has 0 aromatic carbocycles. The summed E-state index contributed by atoms with van der Waals surface area (Å²) in [4.78, 5) is 25.0. The molecule has 2 aliphatic rings. The molecular formula is C12H16N2O2. The van der Waals surface area contributed by atoms with Crippen LogP contribution in [0.5, 0.6) is 0 Å². The number of nitrogens with one attached hydrogen (secondary N) is 1. The van der Waals surface area contributed by atoms with Crippen LogP contribution in [0, 0.1) is 12.3 Å². The van der Waals surface area contributed by atoms with Crippen LogP contribution in [-0.4, -0.2) is 34.3 Å². The van der Waals surface area contributed by atoms with Gasteiger partial charge >= 0.3 is 0 Å². The van der Waals surface area contributed by atoms with Crippen LogP contribution < -0.4 is 5.32 Å². The third-order valence-corrected chi connectivity index (χ3v) is 2.99. The molecule has 1 saturated heterocycles. The molecule has 0 radical (unpaired) electrons. The first kappa shape index (κ1) is 11.2. The van der Waals surface area contributed by atoms with Crippen molar-refractivity contribution in [2.24, 2.45) is 0 Å². The van der Waals surface area contributed by atoms with Crippen LogP contribution in [0.3, 0.4) is 0 Å². The van der Waals surface area contributed by atoms with E-state index in [1.807, 2.05) is 13.8 Å². The maximum atomic E-state index is 12.0. The summed E-state index contributed by atoms with van der Waals surface area (Å²) in [5, 5.41) is 3.05. The van der Waals surface area contributed by atoms with Crippen molar-refractivity contribution in [2.75, 3.05) is 0 Å². The van der Waals surface area contributed by atoms with Crippen molar-refractivity contribution < 1.29 is 9.59 Å². The second-order valence-corrected chi connectivity index (χ2v) is 5.00. The lowest BCUT2D eigenvalue weighted by Crippen LogP contribution is -2.48. The lowest BCUT2D eigenvalue weighted by atomic mass is 10.0. The molecule has 1 heterocycles. The van der Waals surface area contributed by atoms with Gasteiger partial charge < -0.3 is 0 Å². The summed E-state index contributed by atoms with van der Waals surface area (Å²) in [6, 6.07) is -0.292. The Bertz CT molecular complexity index is 377. The number of likely N-dealkylation sites (tertiary alicyclic amines) is 1. The van der Waals surface area contributed by atoms with Gasteiger partial charge in [-0.1, -0.05) is 5.92 Å². The quantitative estimate of drug-likeness (QED) is 0.549. The molecule has 1 N–H and O–H groups in total. The van der Waals surface area contributed by atoms with Crippen LogP contribution in [-0.2, 0) is 9.59 Å². The van der Waals surface area contributed by atoms with Crippen molar-refractivity contribution in [3.63, 3.8) is 0 Å². The Morgan fingerprint density at radius 1 is 1.44 bits per heavy atom. The maximum absolute atomic E-state index is 12.0. The van der Waals surface area contributed by atoms with E-state index in [-0.39, 0.29) is 24.3 Å². The highest BCUT2D eigenvalue weighted by Crippen LogP contribution is 2.31. The van der Waals surface area contributed by atoms with Gasteiger partial charge in [-0.05, 0) is 26.7 Å². The zero-order valence-corrected chi connectivity index (χ0v) is 9.62. The Labute approximate surface area is 95.4 Å². The van der Waals surface area contributed by atoms with E-state index in [4.69, 9.17) is 6.42 Å². The Hall–Kier alpha value is -1.34. The Morgan fingerprint density at radius 3 is 2.56 bits per heavy atom. The van der Waals surface area contributed by atoms with E-state index >= 15 is 0 Å². The van der Waals surface area contributed by atoms with Gasteiger partial charge in [-0.25, -0.2) is 0 Å². The first-order valence-corrected chi connectivity index (χ1v) is 5.56. The van der Waals surface area contributed by atoms with Crippen molar-refractivity contribution in [3.05, 3.63) is 0 Å². The van der Waals surface area contributed by atoms with Crippen molar-refractivity contribution in [2.45, 2.75) is 50.7 Å². The van der Waals surface area contributed by atoms with Gasteiger partial charge in [0.1, 0.15) is 0 Å². The lowest BCUT2D eigenvalue weighted by Gasteiger charge is -2.23. The van der Waals surface area contributed by atoms with E-state index in [2.05, 4.69) is 11.2 Å². The van der Waals surface area contributed by atoms with Gasteiger partial charge in [0.2, 0.25) is 11.8 Å². The fourth-order valence-corrected chi connectivity index (χ4v) is 1.96. The summed E-state index contributed by atoms with van der Waals surface area (Å²) >= 11 is 0. The molecule has 1 aliphatic carbocycles. The zero-order chi connectivity index (χ0) is 11.9. The SMILES string of the molecule is C#CC(C)(C)NC1CC(=O)N(C2CC2)C1=O. The van der Waals surface area contributed by atoms with Crippen molar-refractivity contribution in [1.29, 1.82) is 0 Å². The zero-order valence-electron chi connectivity index (χ0n) is 9.62. The summed E-state index contributed by atoms with van der Waals surface area (Å²) in [6.45, 7) is 3.65. The maximum Gasteiger partial charge on any atom is 0.247 e. The number of nitrogens with zero attached hydrogens (tertiary/aromatic N) is 1. The Balaban J connectivity index is 2.06. The molecule has 86 valence electrons. The van der Waals surface area contributed by atoms with Crippen LogP contribution in [0.4, 0.5) is 0 Å². The molecule has 2 fully saturated rings. The first-order valence-electron chi connectivity index (χ1n) is 5.56. The molecule has 1 aliphatic heterocycles. The molecule has 1 saturated carbocycles. The van der Waals surface area contributed by atoms with E-state index in [0.29, 0.717) is 0 Å². The molecule has 1 unspecified atom stereocenters. The second-order valence-electron chi connectivity index (χ2n) is 5.00. The molecule has 0 aromatic heterocycles. The third kappa shape index (κ3) is 1.96. The normalized spacial score (nSPS) is 26.1. The topological polar surface area (TPSA) is 49.4 Å². The van der Waals surface area contributed by atoms with Gasteiger partial charge in [0, 0.05) is 6.04 Å². The van der Waals surface area contributed by atoms with E-state index in [9.17, 15) is 9.59 Å². The van der Waals surface area contributed by atoms with Gasteiger partial charge in [0.05, 0.1) is 18.0 Å². The Morgan fingerprint density at radius 2 is 2.06 bits per heavy atom. The van der Waals surface area contributed by atoms with Crippen LogP contribution >= 0.6 is 0 Å². The van der Waals surface area contributed by atoms with E-state index < -0.39 is 11.6 Å². The third-order valence-electron chi connectivity index (χ3n) is 2.99. The van der Waals surface area contributed by atoms with Crippen LogP contribution in [0.15, 0.2) is 0 Å². The van der Waals surface area contributed by atoms with Gasteiger partial charge in [-0.15, -0.1) is 6.42 Å². The minimum atomic E-state index is -0.555. The minimum Gasteiger partial charge on any atom is -0.290 e. The van der Waals surface area contributed by atoms with Crippen LogP contribution in [0.2, 0.25) is 0 Å². The predicted octanol–water partition coefficient (Wildman–Crippen LogP) is 0.278. The Kier molecular flexibility index (Phi) is 2.51. The fourth-order valence-electron chi connectivity index (χ4n) is 1.96. The molecule has 4 nitrogen and oxygen atoms in total. The predicted molar refractivity (Wildman–Crippen MR) is 59.3 cm³/mol. The number of carbonyl (C=O) groups excluding carboxylic acids is 2. The number of rotatable bonds is 3. The van der Waals surface area contributed by atoms with Crippen LogP contribution in [0.1, 0.15) is 33.1 Å². The average molecular weight is 220 g/mol. The van der Waals surface area contributed by atoms with Crippen molar-refractivity contribution in [3.8, 4) is 12.3 Å². The second kappa shape index (κ2) is 3.60. The van der Waals surface area contributed by atoms with Gasteiger partial charge in [-0.2, -0.15) is 0 Å². The number of hydrogen-bond acceptors (Lipinski definition) is 3. The van der Waals surface area contributed by atoms with E-state index in [0.717, 1.165) is 12.8 Å². The molecule has 4 heteroatoms. The van der Waals surface area contributed by atoms with E-state index in [1.54, 1.807) is 0 Å². The summed E-state index contributed by atoms with van der Waals surface area (Å²) in [5.41, 5.74) is -0.555. The number of amides is 2. The highest BCUT2D eigenvalue weighted by Gasteiger charge is 2.46. The molecule has 0 bridgehead atoms. The smallest absolute Gasteiger partial charge is 0.247 e. The fraction of sp³-hybridized carbons (Fsp3) is 0.667. The minimum absolute atomic E-state index is 0.0715. The monoisotopic (exact) mass is 220 g/mol. The molecule has 2 amide bonds. The molecular weight excluding hydrogens is 204 g/mol. The number of hydrogen-bond donors (Lipinski definition) is 1. The molecule has 0 spiro atoms. The van der Waals surface area contributed by atoms with Gasteiger partial charge in [0.25, 0.3) is 0 Å². The molecule has 2 rings (SSSR count). The largest absolute Gasteiger partial charge is 0.290 e. The van der Waals surface area contributed by atoms with E-state index in [1.165, 1.54) is 4.90 Å². The molecule has 0 aromatic rings. The van der Waals surface area contributed by atoms with Crippen molar-refractivity contribution in [1.82, 2.24) is 10.2 Å². The lowest BCUT2D eigenvalue weighted by molar-refractivity contribution is -0.139. The summed E-state index contributed by atoms with van der Waals surface area (Å²) < 4.78 is 0. The highest BCUT2D eigenvalue weighted by molar-refractivity contribution is 6.06. The molecule has 1 atom stereocenters. The highest BCUT2D eigenvalue weighted by atomic mass is 16.2. The van der Waals surface area contributed by atoms with Gasteiger partial charge in [0.15, 0.2) is 0 Å². The molecule has 16 heavy (non-hydrogen) atoms. The summed E-state index contributed by atoms with van der Waals surface area (Å²) in [7, 11) is 0. The van der Waals surface area contributed by atoms with Crippen molar-refractivity contribution >= 4 is 11.8 Å². The number of terminal acetylenes is 1. The average Bonchev–Trinajstić information content (AvgIpc) is 2.97. The number of carbonyl (C=O) groups is 2. The van der Waals surface area contributed by atoms with Gasteiger partial charge in [-0.3, -0.25) is 19.8 Å². The van der Waals surface area contributed by atoms with Crippen LogP contribution in [0.25, 0.3) is 0 Å². The summed E-state index contributed by atoms with van der Waals surface area (Å²) in [5.74, 6) is 2.38.